The van der Waals surface area contributed by atoms with Crippen LogP contribution in [0.5, 0.6) is 0 Å². The van der Waals surface area contributed by atoms with E-state index >= 15 is 0 Å². The molecule has 1 aliphatic carbocycles. The maximum absolute atomic E-state index is 10.5. The number of carboxylic acid groups (broad SMARTS) is 1. The summed E-state index contributed by atoms with van der Waals surface area (Å²) in [7, 11) is 0. The summed E-state index contributed by atoms with van der Waals surface area (Å²) >= 11 is 0. The fourth-order valence-corrected chi connectivity index (χ4v) is 2.12. The second-order valence-electron chi connectivity index (χ2n) is 4.01. The molecule has 0 bridgehead atoms. The van der Waals surface area contributed by atoms with Crippen LogP contribution in [0.4, 0.5) is 0 Å². The quantitative estimate of drug-likeness (QED) is 0.709. The molecule has 0 heterocycles. The van der Waals surface area contributed by atoms with E-state index in [1.54, 1.807) is 0 Å². The van der Waals surface area contributed by atoms with Gasteiger partial charge in [0, 0.05) is 12.3 Å². The first-order valence-corrected chi connectivity index (χ1v) is 4.75. The smallest absolute Gasteiger partial charge is 0.303 e. The lowest BCUT2D eigenvalue weighted by Crippen LogP contribution is -2.24. The molecule has 0 aromatic carbocycles. The van der Waals surface area contributed by atoms with Crippen LogP contribution in [0.2, 0.25) is 0 Å². The van der Waals surface area contributed by atoms with Gasteiger partial charge in [0.25, 0.3) is 0 Å². The van der Waals surface area contributed by atoms with E-state index in [9.17, 15) is 4.79 Å². The zero-order chi connectivity index (χ0) is 9.84. The predicted molar refractivity (Wildman–Crippen MR) is 47.9 cm³/mol. The minimum Gasteiger partial charge on any atom is -0.481 e. The maximum atomic E-state index is 10.5. The number of rotatable bonds is 2. The van der Waals surface area contributed by atoms with Gasteiger partial charge in [0.05, 0.1) is 6.07 Å². The van der Waals surface area contributed by atoms with E-state index in [4.69, 9.17) is 10.4 Å². The van der Waals surface area contributed by atoms with Gasteiger partial charge in [-0.25, -0.2) is 0 Å². The molecule has 1 rings (SSSR count). The highest BCUT2D eigenvalue weighted by atomic mass is 16.4. The molecular weight excluding hydrogens is 166 g/mol. The molecule has 3 nitrogen and oxygen atoms in total. The SMILES string of the molecule is CC1CCC(C#N)C(CC(=O)O)C1. The zero-order valence-electron chi connectivity index (χ0n) is 7.86. The van der Waals surface area contributed by atoms with E-state index in [1.807, 2.05) is 0 Å². The number of aliphatic carboxylic acids is 1. The van der Waals surface area contributed by atoms with Crippen molar-refractivity contribution in [1.82, 2.24) is 0 Å². The summed E-state index contributed by atoms with van der Waals surface area (Å²) in [6, 6.07) is 2.22. The highest BCUT2D eigenvalue weighted by Crippen LogP contribution is 2.35. The molecule has 3 unspecified atom stereocenters. The van der Waals surface area contributed by atoms with Crippen molar-refractivity contribution in [2.75, 3.05) is 0 Å². The second kappa shape index (κ2) is 4.27. The minimum atomic E-state index is -0.778. The summed E-state index contributed by atoms with van der Waals surface area (Å²) in [6.45, 7) is 2.13. The van der Waals surface area contributed by atoms with E-state index < -0.39 is 5.97 Å². The Kier molecular flexibility index (Phi) is 3.30. The molecule has 1 aliphatic rings. The van der Waals surface area contributed by atoms with Crippen molar-refractivity contribution in [3.05, 3.63) is 0 Å². The Bertz CT molecular complexity index is 232. The van der Waals surface area contributed by atoms with Gasteiger partial charge in [-0.15, -0.1) is 0 Å². The average molecular weight is 181 g/mol. The first-order chi connectivity index (χ1) is 6.13. The predicted octanol–water partition coefficient (Wildman–Crippen LogP) is 2.04. The second-order valence-corrected chi connectivity index (χ2v) is 4.01. The summed E-state index contributed by atoms with van der Waals surface area (Å²) < 4.78 is 0. The van der Waals surface area contributed by atoms with E-state index in [0.29, 0.717) is 5.92 Å². The van der Waals surface area contributed by atoms with E-state index in [0.717, 1.165) is 19.3 Å². The summed E-state index contributed by atoms with van der Waals surface area (Å²) in [5, 5.41) is 17.5. The minimum absolute atomic E-state index is 0.0349. The van der Waals surface area contributed by atoms with Crippen LogP contribution < -0.4 is 0 Å². The summed E-state index contributed by atoms with van der Waals surface area (Å²) in [5.41, 5.74) is 0. The van der Waals surface area contributed by atoms with Gasteiger partial charge >= 0.3 is 5.97 Å². The molecule has 3 atom stereocenters. The normalized spacial score (nSPS) is 33.7. The summed E-state index contributed by atoms with van der Waals surface area (Å²) in [5.74, 6) is -0.160. The zero-order valence-corrected chi connectivity index (χ0v) is 7.86. The van der Waals surface area contributed by atoms with Gasteiger partial charge in [0.2, 0.25) is 0 Å². The molecule has 0 radical (unpaired) electrons. The Balaban J connectivity index is 2.55. The average Bonchev–Trinajstić information content (AvgIpc) is 2.03. The standard InChI is InChI=1S/C10H15NO2/c1-7-2-3-8(6-11)9(4-7)5-10(12)13/h7-9H,2-5H2,1H3,(H,12,13). The Morgan fingerprint density at radius 3 is 2.85 bits per heavy atom. The number of hydrogen-bond acceptors (Lipinski definition) is 2. The van der Waals surface area contributed by atoms with Crippen LogP contribution in [0.3, 0.4) is 0 Å². The van der Waals surface area contributed by atoms with Crippen molar-refractivity contribution in [2.45, 2.75) is 32.6 Å². The van der Waals surface area contributed by atoms with Crippen molar-refractivity contribution < 1.29 is 9.90 Å². The Hall–Kier alpha value is -1.04. The number of nitrogens with zero attached hydrogens (tertiary/aromatic N) is 1. The van der Waals surface area contributed by atoms with Crippen LogP contribution in [-0.4, -0.2) is 11.1 Å². The first kappa shape index (κ1) is 10.0. The largest absolute Gasteiger partial charge is 0.481 e. The van der Waals surface area contributed by atoms with Crippen molar-refractivity contribution in [3.8, 4) is 6.07 Å². The lowest BCUT2D eigenvalue weighted by molar-refractivity contribution is -0.138. The molecule has 1 N–H and O–H groups in total. The van der Waals surface area contributed by atoms with Crippen LogP contribution in [0.1, 0.15) is 32.6 Å². The monoisotopic (exact) mass is 181 g/mol. The summed E-state index contributed by atoms with van der Waals surface area (Å²) in [6.07, 6.45) is 2.98. The fraction of sp³-hybridized carbons (Fsp3) is 0.800. The van der Waals surface area contributed by atoms with Crippen molar-refractivity contribution in [3.63, 3.8) is 0 Å². The molecule has 13 heavy (non-hydrogen) atoms. The Morgan fingerprint density at radius 2 is 2.31 bits per heavy atom. The van der Waals surface area contributed by atoms with Crippen molar-refractivity contribution in [2.24, 2.45) is 17.8 Å². The highest BCUT2D eigenvalue weighted by Gasteiger charge is 2.29. The third kappa shape index (κ3) is 2.73. The molecule has 0 aromatic rings. The fourth-order valence-electron chi connectivity index (χ4n) is 2.12. The van der Waals surface area contributed by atoms with Gasteiger partial charge in [-0.1, -0.05) is 6.92 Å². The van der Waals surface area contributed by atoms with E-state index in [-0.39, 0.29) is 18.3 Å². The third-order valence-electron chi connectivity index (χ3n) is 2.85. The van der Waals surface area contributed by atoms with Crippen LogP contribution in [0.15, 0.2) is 0 Å². The molecule has 0 aromatic heterocycles. The number of nitriles is 1. The molecule has 72 valence electrons. The van der Waals surface area contributed by atoms with Crippen molar-refractivity contribution in [1.29, 1.82) is 5.26 Å². The van der Waals surface area contributed by atoms with Gasteiger partial charge in [-0.05, 0) is 31.1 Å². The third-order valence-corrected chi connectivity index (χ3v) is 2.85. The lowest BCUT2D eigenvalue weighted by Gasteiger charge is -2.29. The van der Waals surface area contributed by atoms with Gasteiger partial charge in [0.15, 0.2) is 0 Å². The number of carboxylic acids is 1. The van der Waals surface area contributed by atoms with Crippen LogP contribution in [-0.2, 0) is 4.79 Å². The van der Waals surface area contributed by atoms with Crippen LogP contribution >= 0.6 is 0 Å². The maximum Gasteiger partial charge on any atom is 0.303 e. The molecule has 1 saturated carbocycles. The lowest BCUT2D eigenvalue weighted by atomic mass is 9.74. The molecular formula is C10H15NO2. The topological polar surface area (TPSA) is 61.1 Å². The number of hydrogen-bond donors (Lipinski definition) is 1. The van der Waals surface area contributed by atoms with Crippen LogP contribution in [0, 0.1) is 29.1 Å². The summed E-state index contributed by atoms with van der Waals surface area (Å²) in [4.78, 5) is 10.5. The van der Waals surface area contributed by atoms with Gasteiger partial charge < -0.3 is 5.11 Å². The highest BCUT2D eigenvalue weighted by molar-refractivity contribution is 5.67. The molecule has 0 spiro atoms. The van der Waals surface area contributed by atoms with E-state index in [1.165, 1.54) is 0 Å². The Morgan fingerprint density at radius 1 is 1.62 bits per heavy atom. The van der Waals surface area contributed by atoms with Gasteiger partial charge in [0.1, 0.15) is 0 Å². The van der Waals surface area contributed by atoms with Crippen LogP contribution in [0.25, 0.3) is 0 Å². The first-order valence-electron chi connectivity index (χ1n) is 4.75. The van der Waals surface area contributed by atoms with Crippen molar-refractivity contribution >= 4 is 5.97 Å². The molecule has 1 fully saturated rings. The molecule has 3 heteroatoms. The Labute approximate surface area is 78.4 Å². The molecule has 0 aliphatic heterocycles. The molecule has 0 amide bonds. The van der Waals surface area contributed by atoms with Gasteiger partial charge in [-0.2, -0.15) is 5.26 Å². The number of carbonyl (C=O) groups is 1. The van der Waals surface area contributed by atoms with Gasteiger partial charge in [-0.3, -0.25) is 4.79 Å². The molecule has 0 saturated heterocycles. The van der Waals surface area contributed by atoms with E-state index in [2.05, 4.69) is 13.0 Å².